The Morgan fingerprint density at radius 1 is 1.03 bits per heavy atom. The summed E-state index contributed by atoms with van der Waals surface area (Å²) in [6, 6.07) is 20.1. The Morgan fingerprint density at radius 2 is 1.71 bits per heavy atom. The second-order valence-electron chi connectivity index (χ2n) is 7.14. The maximum absolute atomic E-state index is 12.5. The number of carbonyl (C=O) groups is 2. The number of para-hydroxylation sites is 1. The van der Waals surface area contributed by atoms with E-state index in [0.29, 0.717) is 39.5 Å². The standard InChI is InChI=1S/C26H22BrN3O5/c1-2-34-23-14-17(12-18(15-28)26(33)30-20-8-10-21(31)11-9-20)13-22(27)25(23)35-16-24(32)29-19-6-4-3-5-7-19/h3-14,31H,2,16H2,1H3,(H,29,32)(H,30,33)/b18-12+. The molecule has 35 heavy (non-hydrogen) atoms. The summed E-state index contributed by atoms with van der Waals surface area (Å²) in [6.45, 7) is 1.88. The lowest BCUT2D eigenvalue weighted by Crippen LogP contribution is -2.20. The molecule has 0 saturated heterocycles. The van der Waals surface area contributed by atoms with Gasteiger partial charge in [0.25, 0.3) is 11.8 Å². The van der Waals surface area contributed by atoms with E-state index in [1.807, 2.05) is 24.3 Å². The molecule has 0 aromatic heterocycles. The van der Waals surface area contributed by atoms with Crippen molar-refractivity contribution in [1.82, 2.24) is 0 Å². The number of hydrogen-bond acceptors (Lipinski definition) is 6. The van der Waals surface area contributed by atoms with Crippen molar-refractivity contribution in [2.75, 3.05) is 23.8 Å². The van der Waals surface area contributed by atoms with Gasteiger partial charge in [0.05, 0.1) is 11.1 Å². The van der Waals surface area contributed by atoms with Gasteiger partial charge < -0.3 is 25.2 Å². The summed E-state index contributed by atoms with van der Waals surface area (Å²) in [5.74, 6) is -0.222. The fourth-order valence-electron chi connectivity index (χ4n) is 2.99. The average Bonchev–Trinajstić information content (AvgIpc) is 2.84. The first kappa shape index (κ1) is 25.3. The molecule has 0 aliphatic carbocycles. The van der Waals surface area contributed by atoms with Crippen LogP contribution in [0.15, 0.2) is 76.8 Å². The van der Waals surface area contributed by atoms with Crippen molar-refractivity contribution in [3.05, 3.63) is 82.3 Å². The second-order valence-corrected chi connectivity index (χ2v) is 7.99. The number of amides is 2. The Morgan fingerprint density at radius 3 is 2.37 bits per heavy atom. The highest BCUT2D eigenvalue weighted by Crippen LogP contribution is 2.37. The summed E-state index contributed by atoms with van der Waals surface area (Å²) < 4.78 is 11.9. The second kappa shape index (κ2) is 12.3. The lowest BCUT2D eigenvalue weighted by molar-refractivity contribution is -0.118. The highest BCUT2D eigenvalue weighted by atomic mass is 79.9. The first-order valence-electron chi connectivity index (χ1n) is 10.6. The third-order valence-electron chi connectivity index (χ3n) is 4.54. The average molecular weight is 536 g/mol. The van der Waals surface area contributed by atoms with Crippen LogP contribution in [-0.2, 0) is 9.59 Å². The van der Waals surface area contributed by atoms with Crippen LogP contribution in [0.2, 0.25) is 0 Å². The van der Waals surface area contributed by atoms with Crippen molar-refractivity contribution in [3.63, 3.8) is 0 Å². The largest absolute Gasteiger partial charge is 0.508 e. The molecule has 9 heteroatoms. The fraction of sp³-hybridized carbons (Fsp3) is 0.115. The molecule has 3 rings (SSSR count). The summed E-state index contributed by atoms with van der Waals surface area (Å²) in [5, 5.41) is 24.2. The van der Waals surface area contributed by atoms with E-state index in [-0.39, 0.29) is 23.8 Å². The van der Waals surface area contributed by atoms with Gasteiger partial charge in [-0.05, 0) is 83.0 Å². The van der Waals surface area contributed by atoms with Gasteiger partial charge in [-0.3, -0.25) is 9.59 Å². The number of phenolic OH excluding ortho intramolecular Hbond substituents is 1. The lowest BCUT2D eigenvalue weighted by atomic mass is 10.1. The van der Waals surface area contributed by atoms with Crippen LogP contribution < -0.4 is 20.1 Å². The highest BCUT2D eigenvalue weighted by Gasteiger charge is 2.16. The quantitative estimate of drug-likeness (QED) is 0.199. The first-order chi connectivity index (χ1) is 16.9. The Labute approximate surface area is 210 Å². The molecule has 0 radical (unpaired) electrons. The Balaban J connectivity index is 1.77. The van der Waals surface area contributed by atoms with Gasteiger partial charge in [0.1, 0.15) is 17.4 Å². The molecule has 0 bridgehead atoms. The van der Waals surface area contributed by atoms with Crippen LogP contribution in [0.4, 0.5) is 11.4 Å². The first-order valence-corrected chi connectivity index (χ1v) is 11.3. The lowest BCUT2D eigenvalue weighted by Gasteiger charge is -2.15. The van der Waals surface area contributed by atoms with E-state index in [1.165, 1.54) is 30.3 Å². The van der Waals surface area contributed by atoms with E-state index in [9.17, 15) is 20.0 Å². The smallest absolute Gasteiger partial charge is 0.266 e. The molecule has 3 aromatic rings. The molecule has 0 saturated carbocycles. The topological polar surface area (TPSA) is 121 Å². The van der Waals surface area contributed by atoms with Gasteiger partial charge in [-0.1, -0.05) is 18.2 Å². The van der Waals surface area contributed by atoms with Crippen LogP contribution in [0.5, 0.6) is 17.2 Å². The Kier molecular flexibility index (Phi) is 8.87. The molecule has 178 valence electrons. The number of halogens is 1. The summed E-state index contributed by atoms with van der Waals surface area (Å²) in [4.78, 5) is 24.8. The number of ether oxygens (including phenoxy) is 2. The number of carbonyl (C=O) groups excluding carboxylic acids is 2. The van der Waals surface area contributed by atoms with Crippen LogP contribution in [0.3, 0.4) is 0 Å². The number of rotatable bonds is 9. The minimum Gasteiger partial charge on any atom is -0.508 e. The van der Waals surface area contributed by atoms with Crippen LogP contribution >= 0.6 is 15.9 Å². The van der Waals surface area contributed by atoms with Crippen LogP contribution in [0.25, 0.3) is 6.08 Å². The van der Waals surface area contributed by atoms with Crippen molar-refractivity contribution in [1.29, 1.82) is 5.26 Å². The third kappa shape index (κ3) is 7.35. The Hall–Kier alpha value is -4.29. The van der Waals surface area contributed by atoms with Gasteiger partial charge in [0, 0.05) is 11.4 Å². The summed E-state index contributed by atoms with van der Waals surface area (Å²) in [5.41, 5.74) is 1.46. The molecule has 0 heterocycles. The number of benzene rings is 3. The van der Waals surface area contributed by atoms with E-state index in [2.05, 4.69) is 26.6 Å². The molecule has 2 amide bonds. The van der Waals surface area contributed by atoms with Crippen molar-refractivity contribution in [2.24, 2.45) is 0 Å². The van der Waals surface area contributed by atoms with Gasteiger partial charge in [0.15, 0.2) is 18.1 Å². The molecule has 0 aliphatic heterocycles. The molecular weight excluding hydrogens is 514 g/mol. The predicted octanol–water partition coefficient (Wildman–Crippen LogP) is 5.12. The zero-order valence-corrected chi connectivity index (χ0v) is 20.3. The predicted molar refractivity (Wildman–Crippen MR) is 136 cm³/mol. The normalized spacial score (nSPS) is 10.7. The zero-order valence-electron chi connectivity index (χ0n) is 18.7. The molecule has 0 unspecified atom stereocenters. The van der Waals surface area contributed by atoms with Crippen LogP contribution in [0.1, 0.15) is 12.5 Å². The number of anilines is 2. The monoisotopic (exact) mass is 535 g/mol. The van der Waals surface area contributed by atoms with Crippen LogP contribution in [-0.4, -0.2) is 30.1 Å². The van der Waals surface area contributed by atoms with Crippen molar-refractivity contribution in [3.8, 4) is 23.3 Å². The fourth-order valence-corrected chi connectivity index (χ4v) is 3.56. The molecular formula is C26H22BrN3O5. The molecule has 8 nitrogen and oxygen atoms in total. The van der Waals surface area contributed by atoms with Crippen molar-refractivity contribution < 1.29 is 24.2 Å². The number of nitriles is 1. The maximum Gasteiger partial charge on any atom is 0.266 e. The van der Waals surface area contributed by atoms with Gasteiger partial charge in [0.2, 0.25) is 0 Å². The van der Waals surface area contributed by atoms with Gasteiger partial charge in [-0.25, -0.2) is 0 Å². The van der Waals surface area contributed by atoms with E-state index in [4.69, 9.17) is 9.47 Å². The van der Waals surface area contributed by atoms with E-state index >= 15 is 0 Å². The molecule has 3 aromatic carbocycles. The zero-order chi connectivity index (χ0) is 25.2. The molecule has 3 N–H and O–H groups in total. The van der Waals surface area contributed by atoms with Gasteiger partial charge >= 0.3 is 0 Å². The number of hydrogen-bond donors (Lipinski definition) is 3. The maximum atomic E-state index is 12.5. The van der Waals surface area contributed by atoms with Gasteiger partial charge in [-0.15, -0.1) is 0 Å². The molecule has 0 atom stereocenters. The molecule has 0 fully saturated rings. The van der Waals surface area contributed by atoms with Crippen LogP contribution in [0, 0.1) is 11.3 Å². The van der Waals surface area contributed by atoms with E-state index in [0.717, 1.165) is 0 Å². The minimum atomic E-state index is -0.606. The number of aromatic hydroxyl groups is 1. The van der Waals surface area contributed by atoms with E-state index in [1.54, 1.807) is 31.2 Å². The number of nitrogens with one attached hydrogen (secondary N) is 2. The van der Waals surface area contributed by atoms with Crippen molar-refractivity contribution in [2.45, 2.75) is 6.92 Å². The number of nitrogens with zero attached hydrogens (tertiary/aromatic N) is 1. The SMILES string of the molecule is CCOc1cc(/C=C(\C#N)C(=O)Nc2ccc(O)cc2)cc(Br)c1OCC(=O)Nc1ccccc1. The summed E-state index contributed by atoms with van der Waals surface area (Å²) >= 11 is 3.42. The van der Waals surface area contributed by atoms with Gasteiger partial charge in [-0.2, -0.15) is 5.26 Å². The highest BCUT2D eigenvalue weighted by molar-refractivity contribution is 9.10. The summed E-state index contributed by atoms with van der Waals surface area (Å²) in [7, 11) is 0. The molecule has 0 aliphatic rings. The molecule has 0 spiro atoms. The van der Waals surface area contributed by atoms with Crippen molar-refractivity contribution >= 4 is 45.2 Å². The number of phenols is 1. The van der Waals surface area contributed by atoms with E-state index < -0.39 is 5.91 Å². The minimum absolute atomic E-state index is 0.0622. The Bertz CT molecular complexity index is 1270. The third-order valence-corrected chi connectivity index (χ3v) is 5.13. The summed E-state index contributed by atoms with van der Waals surface area (Å²) in [6.07, 6.45) is 1.41.